The first kappa shape index (κ1) is 13.8. The van der Waals surface area contributed by atoms with Crippen molar-refractivity contribution in [2.45, 2.75) is 33.7 Å². The van der Waals surface area contributed by atoms with Gasteiger partial charge in [-0.25, -0.2) is 0 Å². The molecule has 1 amide bonds. The van der Waals surface area contributed by atoms with Crippen LogP contribution >= 0.6 is 0 Å². The van der Waals surface area contributed by atoms with Crippen molar-refractivity contribution >= 4 is 11.7 Å². The lowest BCUT2D eigenvalue weighted by atomic mass is 9.93. The van der Waals surface area contributed by atoms with Crippen LogP contribution in [0.2, 0.25) is 0 Å². The molecule has 5 nitrogen and oxygen atoms in total. The molecule has 0 saturated carbocycles. The predicted octanol–water partition coefficient (Wildman–Crippen LogP) is 1.47. The van der Waals surface area contributed by atoms with Gasteiger partial charge in [-0.2, -0.15) is 5.10 Å². The Labute approximate surface area is 114 Å². The summed E-state index contributed by atoms with van der Waals surface area (Å²) in [5.74, 6) is 1.03. The maximum atomic E-state index is 12.3. The van der Waals surface area contributed by atoms with Crippen LogP contribution in [0.15, 0.2) is 6.07 Å². The zero-order chi connectivity index (χ0) is 14.2. The Balaban J connectivity index is 2.23. The highest BCUT2D eigenvalue weighted by Crippen LogP contribution is 2.24. The molecule has 0 atom stereocenters. The molecule has 0 bridgehead atoms. The van der Waals surface area contributed by atoms with Crippen molar-refractivity contribution < 1.29 is 4.79 Å². The second kappa shape index (κ2) is 4.79. The van der Waals surface area contributed by atoms with Gasteiger partial charge >= 0.3 is 0 Å². The summed E-state index contributed by atoms with van der Waals surface area (Å²) < 4.78 is 0. The van der Waals surface area contributed by atoms with Gasteiger partial charge in [0.05, 0.1) is 5.69 Å². The molecule has 0 N–H and O–H groups in total. The third-order valence-electron chi connectivity index (χ3n) is 3.31. The van der Waals surface area contributed by atoms with Gasteiger partial charge in [-0.15, -0.1) is 5.10 Å². The van der Waals surface area contributed by atoms with E-state index in [1.165, 1.54) is 0 Å². The molecule has 0 saturated heterocycles. The molecule has 0 unspecified atom stereocenters. The van der Waals surface area contributed by atoms with Crippen LogP contribution in [0.25, 0.3) is 0 Å². The van der Waals surface area contributed by atoms with Crippen LogP contribution < -0.4 is 4.90 Å². The summed E-state index contributed by atoms with van der Waals surface area (Å²) in [6.07, 6.45) is 0.790. The van der Waals surface area contributed by atoms with Gasteiger partial charge in [0, 0.05) is 39.0 Å². The highest BCUT2D eigenvalue weighted by molar-refractivity contribution is 5.81. The van der Waals surface area contributed by atoms with Crippen LogP contribution in [0, 0.1) is 5.41 Å². The fraction of sp³-hybridized carbons (Fsp3) is 0.643. The van der Waals surface area contributed by atoms with Crippen LogP contribution in [0.4, 0.5) is 5.82 Å². The second-order valence-electron chi connectivity index (χ2n) is 6.30. The molecule has 1 aliphatic heterocycles. The van der Waals surface area contributed by atoms with Crippen molar-refractivity contribution in [3.63, 3.8) is 0 Å². The van der Waals surface area contributed by atoms with E-state index >= 15 is 0 Å². The first-order chi connectivity index (χ1) is 8.79. The van der Waals surface area contributed by atoms with E-state index in [1.807, 2.05) is 50.7 Å². The first-order valence-corrected chi connectivity index (χ1v) is 6.61. The molecule has 0 fully saturated rings. The molecule has 0 aliphatic carbocycles. The maximum absolute atomic E-state index is 12.3. The molecule has 1 aliphatic rings. The number of anilines is 1. The third-order valence-corrected chi connectivity index (χ3v) is 3.31. The Morgan fingerprint density at radius 2 is 2.00 bits per heavy atom. The summed E-state index contributed by atoms with van der Waals surface area (Å²) in [6.45, 7) is 7.25. The molecule has 1 aromatic rings. The fourth-order valence-electron chi connectivity index (χ4n) is 2.18. The molecule has 104 valence electrons. The molecule has 0 radical (unpaired) electrons. The molecular formula is C14H22N4O. The third kappa shape index (κ3) is 2.85. The lowest BCUT2D eigenvalue weighted by Gasteiger charge is -2.33. The van der Waals surface area contributed by atoms with E-state index in [0.29, 0.717) is 6.54 Å². The van der Waals surface area contributed by atoms with Crippen molar-refractivity contribution in [3.8, 4) is 0 Å². The van der Waals surface area contributed by atoms with Crippen molar-refractivity contribution in [3.05, 3.63) is 17.3 Å². The monoisotopic (exact) mass is 262 g/mol. The Bertz CT molecular complexity index is 491. The van der Waals surface area contributed by atoms with Gasteiger partial charge in [0.1, 0.15) is 0 Å². The predicted molar refractivity (Wildman–Crippen MR) is 74.9 cm³/mol. The zero-order valence-corrected chi connectivity index (χ0v) is 12.4. The van der Waals surface area contributed by atoms with E-state index < -0.39 is 0 Å². The number of hydrogen-bond donors (Lipinski definition) is 0. The largest absolute Gasteiger partial charge is 0.361 e. The zero-order valence-electron chi connectivity index (χ0n) is 12.4. The Morgan fingerprint density at radius 1 is 1.32 bits per heavy atom. The molecular weight excluding hydrogens is 240 g/mol. The number of nitrogens with zero attached hydrogens (tertiary/aromatic N) is 4. The number of aromatic nitrogens is 2. The summed E-state index contributed by atoms with van der Waals surface area (Å²) in [6, 6.07) is 2.03. The quantitative estimate of drug-likeness (QED) is 0.769. The average molecular weight is 262 g/mol. The SMILES string of the molecule is CN(C)c1cc2c(nn1)CCN(C(=O)C(C)(C)C)C2. The number of hydrogen-bond acceptors (Lipinski definition) is 4. The van der Waals surface area contributed by atoms with E-state index in [0.717, 1.165) is 30.0 Å². The minimum atomic E-state index is -0.331. The Kier molecular flexibility index (Phi) is 3.47. The highest BCUT2D eigenvalue weighted by Gasteiger charge is 2.30. The van der Waals surface area contributed by atoms with Crippen LogP contribution in [-0.2, 0) is 17.8 Å². The summed E-state index contributed by atoms with van der Waals surface area (Å²) in [7, 11) is 3.88. The average Bonchev–Trinajstić information content (AvgIpc) is 2.35. The normalized spacial score (nSPS) is 15.1. The molecule has 2 heterocycles. The van der Waals surface area contributed by atoms with E-state index in [2.05, 4.69) is 10.2 Å². The van der Waals surface area contributed by atoms with E-state index in [4.69, 9.17) is 0 Å². The number of carbonyl (C=O) groups excluding carboxylic acids is 1. The molecule has 2 rings (SSSR count). The van der Waals surface area contributed by atoms with E-state index in [1.54, 1.807) is 0 Å². The van der Waals surface area contributed by atoms with Crippen LogP contribution in [0.5, 0.6) is 0 Å². The second-order valence-corrected chi connectivity index (χ2v) is 6.30. The van der Waals surface area contributed by atoms with Crippen LogP contribution in [-0.4, -0.2) is 41.6 Å². The highest BCUT2D eigenvalue weighted by atomic mass is 16.2. The van der Waals surface area contributed by atoms with Gasteiger partial charge in [-0.05, 0) is 11.6 Å². The van der Waals surface area contributed by atoms with Crippen molar-refractivity contribution in [1.82, 2.24) is 15.1 Å². The van der Waals surface area contributed by atoms with Gasteiger partial charge < -0.3 is 9.80 Å². The Morgan fingerprint density at radius 3 is 2.58 bits per heavy atom. The van der Waals surface area contributed by atoms with E-state index in [-0.39, 0.29) is 11.3 Å². The number of carbonyl (C=O) groups is 1. The smallest absolute Gasteiger partial charge is 0.228 e. The fourth-order valence-corrected chi connectivity index (χ4v) is 2.18. The van der Waals surface area contributed by atoms with Crippen LogP contribution in [0.3, 0.4) is 0 Å². The topological polar surface area (TPSA) is 49.3 Å². The van der Waals surface area contributed by atoms with Gasteiger partial charge in [-0.1, -0.05) is 20.8 Å². The Hall–Kier alpha value is -1.65. The number of amides is 1. The summed E-state index contributed by atoms with van der Waals surface area (Å²) in [5, 5.41) is 8.45. The molecule has 0 spiro atoms. The number of fused-ring (bicyclic) bond motifs is 1. The number of rotatable bonds is 1. The van der Waals surface area contributed by atoms with Gasteiger partial charge in [0.25, 0.3) is 0 Å². The molecule has 5 heteroatoms. The minimum Gasteiger partial charge on any atom is -0.361 e. The van der Waals surface area contributed by atoms with Crippen molar-refractivity contribution in [2.24, 2.45) is 5.41 Å². The summed E-state index contributed by atoms with van der Waals surface area (Å²) in [4.78, 5) is 16.2. The lowest BCUT2D eigenvalue weighted by Crippen LogP contribution is -2.42. The molecule has 0 aromatic carbocycles. The summed E-state index contributed by atoms with van der Waals surface area (Å²) >= 11 is 0. The molecule has 19 heavy (non-hydrogen) atoms. The first-order valence-electron chi connectivity index (χ1n) is 6.61. The standard InChI is InChI=1S/C14H22N4O/c1-14(2,3)13(19)18-7-6-11-10(9-18)8-12(16-15-11)17(4)5/h8H,6-7,9H2,1-5H3. The van der Waals surface area contributed by atoms with E-state index in [9.17, 15) is 4.79 Å². The van der Waals surface area contributed by atoms with Crippen LogP contribution in [0.1, 0.15) is 32.0 Å². The minimum absolute atomic E-state index is 0.196. The van der Waals surface area contributed by atoms with Crippen molar-refractivity contribution in [1.29, 1.82) is 0 Å². The lowest BCUT2D eigenvalue weighted by molar-refractivity contribution is -0.140. The van der Waals surface area contributed by atoms with Crippen molar-refractivity contribution in [2.75, 3.05) is 25.5 Å². The summed E-state index contributed by atoms with van der Waals surface area (Å²) in [5.41, 5.74) is 1.80. The molecule has 1 aromatic heterocycles. The maximum Gasteiger partial charge on any atom is 0.228 e. The van der Waals surface area contributed by atoms with Gasteiger partial charge in [0.2, 0.25) is 5.91 Å². The van der Waals surface area contributed by atoms with Gasteiger partial charge in [0.15, 0.2) is 5.82 Å². The van der Waals surface area contributed by atoms with Gasteiger partial charge in [-0.3, -0.25) is 4.79 Å².